The van der Waals surface area contributed by atoms with E-state index in [0.717, 1.165) is 42.4 Å². The minimum Gasteiger partial charge on any atom is -0.455 e. The van der Waals surface area contributed by atoms with Crippen molar-refractivity contribution in [3.63, 3.8) is 0 Å². The Morgan fingerprint density at radius 2 is 1.75 bits per heavy atom. The van der Waals surface area contributed by atoms with Crippen molar-refractivity contribution in [2.24, 2.45) is 46.3 Å². The highest BCUT2D eigenvalue weighted by Crippen LogP contribution is 2.66. The molecule has 4 aliphatic carbocycles. The van der Waals surface area contributed by atoms with Crippen LogP contribution in [-0.4, -0.2) is 12.1 Å². The molecule has 0 amide bonds. The van der Waals surface area contributed by atoms with Crippen LogP contribution in [0.4, 0.5) is 0 Å². The van der Waals surface area contributed by atoms with Gasteiger partial charge >= 0.3 is 5.97 Å². The number of rotatable bonds is 7. The number of carbonyl (C=O) groups is 1. The fourth-order valence-electron chi connectivity index (χ4n) is 9.02. The number of esters is 1. The number of benzene rings is 1. The summed E-state index contributed by atoms with van der Waals surface area (Å²) in [5.74, 6) is 4.64. The molecule has 2 fully saturated rings. The van der Waals surface area contributed by atoms with Gasteiger partial charge in [-0.3, -0.25) is 0 Å². The Hall–Kier alpha value is -1.83. The predicted octanol–water partition coefficient (Wildman–Crippen LogP) is 9.03. The van der Waals surface area contributed by atoms with E-state index >= 15 is 0 Å². The number of allylic oxidation sites excluding steroid dienone is 3. The maximum atomic E-state index is 12.7. The van der Waals surface area contributed by atoms with Gasteiger partial charge in [0.05, 0.1) is 5.56 Å². The molecular weight excluding hydrogens is 440 g/mol. The molecule has 0 heterocycles. The fraction of sp³-hybridized carbons (Fsp3) is 0.676. The molecule has 36 heavy (non-hydrogen) atoms. The van der Waals surface area contributed by atoms with Crippen LogP contribution in [0.25, 0.3) is 0 Å². The van der Waals surface area contributed by atoms with Crippen molar-refractivity contribution in [2.45, 2.75) is 98.5 Å². The third-order valence-corrected chi connectivity index (χ3v) is 11.1. The summed E-state index contributed by atoms with van der Waals surface area (Å²) in [6.45, 7) is 12.4. The summed E-state index contributed by atoms with van der Waals surface area (Å²) in [7, 11) is 0. The summed E-state index contributed by atoms with van der Waals surface area (Å²) in [6.07, 6.45) is 19.0. The van der Waals surface area contributed by atoms with Crippen molar-refractivity contribution in [3.8, 4) is 0 Å². The summed E-state index contributed by atoms with van der Waals surface area (Å²) in [5, 5.41) is 0. The summed E-state index contributed by atoms with van der Waals surface area (Å²) < 4.78 is 5.93. The zero-order valence-electron chi connectivity index (χ0n) is 23.3. The highest BCUT2D eigenvalue weighted by molar-refractivity contribution is 5.89. The molecule has 2 nitrogen and oxygen atoms in total. The Labute approximate surface area is 220 Å². The van der Waals surface area contributed by atoms with Crippen LogP contribution >= 0.6 is 0 Å². The lowest BCUT2D eigenvalue weighted by atomic mass is 9.48. The summed E-state index contributed by atoms with van der Waals surface area (Å²) in [6, 6.07) is 9.41. The smallest absolute Gasteiger partial charge is 0.338 e. The minimum atomic E-state index is -0.202. The van der Waals surface area contributed by atoms with Crippen LogP contribution in [0.3, 0.4) is 0 Å². The molecule has 0 bridgehead atoms. The molecule has 0 spiro atoms. The third kappa shape index (κ3) is 4.63. The monoisotopic (exact) mass is 488 g/mol. The van der Waals surface area contributed by atoms with Gasteiger partial charge in [-0.05, 0) is 109 Å². The van der Waals surface area contributed by atoms with Gasteiger partial charge in [-0.15, -0.1) is 0 Å². The predicted molar refractivity (Wildman–Crippen MR) is 149 cm³/mol. The Kier molecular flexibility index (Phi) is 7.27. The standard InChI is InChI=1S/C34H48O2/c1-23(2)10-9-11-24(3)29-16-17-30-28-15-14-26-22-27(36-32(35)25-12-7-6-8-13-25)18-20-33(26,4)31(28)19-21-34(29,30)5/h6-8,12-15,22-24,27-31H,9-11,16-21H2,1-5H3. The van der Waals surface area contributed by atoms with Gasteiger partial charge in [-0.2, -0.15) is 0 Å². The van der Waals surface area contributed by atoms with E-state index in [1.807, 2.05) is 30.3 Å². The molecule has 0 aromatic heterocycles. The van der Waals surface area contributed by atoms with Crippen LogP contribution in [0.2, 0.25) is 0 Å². The molecule has 2 saturated carbocycles. The maximum absolute atomic E-state index is 12.7. The van der Waals surface area contributed by atoms with Crippen molar-refractivity contribution in [1.82, 2.24) is 0 Å². The Balaban J connectivity index is 1.30. The van der Waals surface area contributed by atoms with Crippen LogP contribution < -0.4 is 0 Å². The van der Waals surface area contributed by atoms with Crippen LogP contribution in [0.1, 0.15) is 103 Å². The van der Waals surface area contributed by atoms with E-state index in [4.69, 9.17) is 4.74 Å². The van der Waals surface area contributed by atoms with Crippen molar-refractivity contribution >= 4 is 5.97 Å². The van der Waals surface area contributed by atoms with Crippen molar-refractivity contribution in [2.75, 3.05) is 0 Å². The summed E-state index contributed by atoms with van der Waals surface area (Å²) >= 11 is 0. The molecule has 8 unspecified atom stereocenters. The van der Waals surface area contributed by atoms with Gasteiger partial charge in [-0.25, -0.2) is 4.79 Å². The van der Waals surface area contributed by atoms with Gasteiger partial charge in [0.2, 0.25) is 0 Å². The second-order valence-corrected chi connectivity index (χ2v) is 13.6. The topological polar surface area (TPSA) is 26.3 Å². The lowest BCUT2D eigenvalue weighted by Crippen LogP contribution is -2.49. The van der Waals surface area contributed by atoms with Gasteiger partial charge in [-0.1, -0.05) is 84.2 Å². The average molecular weight is 489 g/mol. The van der Waals surface area contributed by atoms with E-state index in [9.17, 15) is 4.79 Å². The third-order valence-electron chi connectivity index (χ3n) is 11.1. The largest absolute Gasteiger partial charge is 0.455 e. The second kappa shape index (κ2) is 10.1. The van der Waals surface area contributed by atoms with Gasteiger partial charge in [0.15, 0.2) is 0 Å². The zero-order valence-corrected chi connectivity index (χ0v) is 23.3. The molecular formula is C34H48O2. The fourth-order valence-corrected chi connectivity index (χ4v) is 9.02. The van der Waals surface area contributed by atoms with E-state index in [2.05, 4.69) is 52.8 Å². The molecule has 4 aliphatic rings. The first kappa shape index (κ1) is 25.8. The van der Waals surface area contributed by atoms with Gasteiger partial charge in [0, 0.05) is 0 Å². The number of carbonyl (C=O) groups excluding carboxylic acids is 1. The number of fused-ring (bicyclic) bond motifs is 5. The Morgan fingerprint density at radius 3 is 2.50 bits per heavy atom. The highest BCUT2D eigenvalue weighted by atomic mass is 16.5. The molecule has 2 heteroatoms. The molecule has 1 aromatic carbocycles. The minimum absolute atomic E-state index is 0.113. The first-order chi connectivity index (χ1) is 17.2. The molecule has 0 radical (unpaired) electrons. The van der Waals surface area contributed by atoms with Crippen LogP contribution in [0.5, 0.6) is 0 Å². The molecule has 1 aromatic rings. The maximum Gasteiger partial charge on any atom is 0.338 e. The van der Waals surface area contributed by atoms with Crippen molar-refractivity contribution in [3.05, 3.63) is 59.7 Å². The first-order valence-corrected chi connectivity index (χ1v) is 14.9. The lowest BCUT2D eigenvalue weighted by molar-refractivity contribution is -0.0316. The van der Waals surface area contributed by atoms with Crippen molar-refractivity contribution < 1.29 is 9.53 Å². The van der Waals surface area contributed by atoms with Gasteiger partial charge in [0.25, 0.3) is 0 Å². The molecule has 5 rings (SSSR count). The first-order valence-electron chi connectivity index (χ1n) is 14.9. The normalized spacial score (nSPS) is 38.1. The summed E-state index contributed by atoms with van der Waals surface area (Å²) in [5.41, 5.74) is 2.78. The van der Waals surface area contributed by atoms with E-state index in [-0.39, 0.29) is 17.5 Å². The number of hydrogen-bond donors (Lipinski definition) is 0. The van der Waals surface area contributed by atoms with Crippen molar-refractivity contribution in [1.29, 1.82) is 0 Å². The summed E-state index contributed by atoms with van der Waals surface area (Å²) in [4.78, 5) is 12.7. The molecule has 0 N–H and O–H groups in total. The van der Waals surface area contributed by atoms with Crippen LogP contribution in [0.15, 0.2) is 54.1 Å². The average Bonchev–Trinajstić information content (AvgIpc) is 3.22. The molecule has 0 saturated heterocycles. The van der Waals surface area contributed by atoms with E-state index in [1.165, 1.54) is 50.5 Å². The second-order valence-electron chi connectivity index (χ2n) is 13.6. The molecule has 196 valence electrons. The number of ether oxygens (including phenoxy) is 1. The SMILES string of the molecule is CC(C)CCCC(C)C1CCC2C3C=CC4=CC(OC(=O)c5ccccc5)CCC4(C)C3CCC12C. The Bertz CT molecular complexity index is 990. The highest BCUT2D eigenvalue weighted by Gasteiger charge is 2.58. The molecule has 8 atom stereocenters. The van der Waals surface area contributed by atoms with E-state index in [1.54, 1.807) is 0 Å². The van der Waals surface area contributed by atoms with E-state index < -0.39 is 0 Å². The lowest BCUT2D eigenvalue weighted by Gasteiger charge is -2.57. The quantitative estimate of drug-likeness (QED) is 0.358. The van der Waals surface area contributed by atoms with Gasteiger partial charge in [0.1, 0.15) is 6.10 Å². The Morgan fingerprint density at radius 1 is 0.972 bits per heavy atom. The van der Waals surface area contributed by atoms with Gasteiger partial charge < -0.3 is 4.74 Å². The zero-order chi connectivity index (χ0) is 25.5. The van der Waals surface area contributed by atoms with E-state index in [0.29, 0.717) is 16.9 Å². The van der Waals surface area contributed by atoms with Crippen LogP contribution in [0, 0.1) is 46.3 Å². The molecule has 0 aliphatic heterocycles. The van der Waals surface area contributed by atoms with Crippen LogP contribution in [-0.2, 0) is 4.74 Å². The number of hydrogen-bond acceptors (Lipinski definition) is 2.